The number of carbonyl (C=O) groups excluding carboxylic acids is 2. The largest absolute Gasteiger partial charge is 0.326 e. The molecule has 2 aromatic rings. The third kappa shape index (κ3) is 6.02. The number of nitrogens with one attached hydrogen (secondary N) is 3. The molecule has 138 valence electrons. The Kier molecular flexibility index (Phi) is 7.45. The van der Waals surface area contributed by atoms with Gasteiger partial charge < -0.3 is 15.5 Å². The molecule has 2 rings (SSSR count). The SMILES string of the molecule is CC[NH+](CC(=O)Nc1ccc(NC(C)=O)cc1)Cc1c(Cl)cccc1Cl. The molecule has 0 spiro atoms. The highest BCUT2D eigenvalue weighted by molar-refractivity contribution is 6.35. The number of amides is 2. The van der Waals surface area contributed by atoms with Gasteiger partial charge in [0, 0.05) is 23.9 Å². The minimum Gasteiger partial charge on any atom is -0.326 e. The molecule has 0 saturated heterocycles. The van der Waals surface area contributed by atoms with Gasteiger partial charge in [0.15, 0.2) is 6.54 Å². The smallest absolute Gasteiger partial charge is 0.279 e. The van der Waals surface area contributed by atoms with E-state index >= 15 is 0 Å². The van der Waals surface area contributed by atoms with Crippen LogP contribution < -0.4 is 15.5 Å². The number of hydrogen-bond acceptors (Lipinski definition) is 2. The van der Waals surface area contributed by atoms with Gasteiger partial charge in [-0.3, -0.25) is 9.59 Å². The summed E-state index contributed by atoms with van der Waals surface area (Å²) in [5.74, 6) is -0.237. The number of hydrogen-bond donors (Lipinski definition) is 3. The van der Waals surface area contributed by atoms with E-state index in [0.29, 0.717) is 34.5 Å². The summed E-state index contributed by atoms with van der Waals surface area (Å²) < 4.78 is 0. The minimum atomic E-state index is -0.137. The van der Waals surface area contributed by atoms with Crippen LogP contribution in [0.15, 0.2) is 42.5 Å². The number of quaternary nitrogens is 1. The molecule has 2 amide bonds. The zero-order chi connectivity index (χ0) is 19.1. The molecule has 0 radical (unpaired) electrons. The van der Waals surface area contributed by atoms with Crippen molar-refractivity contribution in [3.05, 3.63) is 58.1 Å². The van der Waals surface area contributed by atoms with Gasteiger partial charge >= 0.3 is 0 Å². The van der Waals surface area contributed by atoms with Crippen molar-refractivity contribution < 1.29 is 14.5 Å². The summed E-state index contributed by atoms with van der Waals surface area (Å²) in [5.41, 5.74) is 2.21. The average Bonchev–Trinajstić information content (AvgIpc) is 2.58. The summed E-state index contributed by atoms with van der Waals surface area (Å²) in [6.07, 6.45) is 0. The quantitative estimate of drug-likeness (QED) is 0.675. The lowest BCUT2D eigenvalue weighted by molar-refractivity contribution is -0.903. The van der Waals surface area contributed by atoms with E-state index in [1.807, 2.05) is 6.92 Å². The van der Waals surface area contributed by atoms with Crippen molar-refractivity contribution in [1.82, 2.24) is 0 Å². The first-order chi connectivity index (χ1) is 12.4. The highest BCUT2D eigenvalue weighted by Crippen LogP contribution is 2.23. The molecule has 0 aliphatic heterocycles. The van der Waals surface area contributed by atoms with Crippen LogP contribution in [0.1, 0.15) is 19.4 Å². The summed E-state index contributed by atoms with van der Waals surface area (Å²) in [4.78, 5) is 24.4. The zero-order valence-corrected chi connectivity index (χ0v) is 16.2. The second-order valence-corrected chi connectivity index (χ2v) is 6.78. The first kappa shape index (κ1) is 20.2. The predicted octanol–water partition coefficient (Wildman–Crippen LogP) is 3.00. The van der Waals surface area contributed by atoms with Gasteiger partial charge in [-0.1, -0.05) is 29.3 Å². The van der Waals surface area contributed by atoms with Crippen molar-refractivity contribution in [2.45, 2.75) is 20.4 Å². The van der Waals surface area contributed by atoms with Gasteiger partial charge in [-0.2, -0.15) is 0 Å². The van der Waals surface area contributed by atoms with E-state index in [2.05, 4.69) is 10.6 Å². The topological polar surface area (TPSA) is 62.6 Å². The van der Waals surface area contributed by atoms with Gasteiger partial charge in [-0.05, 0) is 43.3 Å². The highest BCUT2D eigenvalue weighted by Gasteiger charge is 2.17. The van der Waals surface area contributed by atoms with Gasteiger partial charge in [0.2, 0.25) is 5.91 Å². The van der Waals surface area contributed by atoms with E-state index in [9.17, 15) is 9.59 Å². The van der Waals surface area contributed by atoms with Crippen molar-refractivity contribution in [3.8, 4) is 0 Å². The van der Waals surface area contributed by atoms with Crippen molar-refractivity contribution in [3.63, 3.8) is 0 Å². The van der Waals surface area contributed by atoms with E-state index in [1.165, 1.54) is 6.92 Å². The van der Waals surface area contributed by atoms with E-state index in [-0.39, 0.29) is 11.8 Å². The Morgan fingerprint density at radius 2 is 1.50 bits per heavy atom. The Bertz CT molecular complexity index is 759. The van der Waals surface area contributed by atoms with Crippen LogP contribution in [0, 0.1) is 0 Å². The van der Waals surface area contributed by atoms with Crippen LogP contribution in [0.2, 0.25) is 10.0 Å². The van der Waals surface area contributed by atoms with Gasteiger partial charge in [0.25, 0.3) is 5.91 Å². The lowest BCUT2D eigenvalue weighted by Gasteiger charge is -2.18. The maximum atomic E-state index is 12.3. The molecule has 0 saturated carbocycles. The molecule has 26 heavy (non-hydrogen) atoms. The van der Waals surface area contributed by atoms with Gasteiger partial charge in [-0.25, -0.2) is 0 Å². The lowest BCUT2D eigenvalue weighted by Crippen LogP contribution is -3.11. The van der Waals surface area contributed by atoms with Gasteiger partial charge in [0.05, 0.1) is 16.6 Å². The molecular formula is C19H22Cl2N3O2+. The monoisotopic (exact) mass is 394 g/mol. The number of carbonyl (C=O) groups is 2. The summed E-state index contributed by atoms with van der Waals surface area (Å²) in [6, 6.07) is 12.4. The van der Waals surface area contributed by atoms with Gasteiger partial charge in [-0.15, -0.1) is 0 Å². The second kappa shape index (κ2) is 9.57. The Hall–Kier alpha value is -2.08. The highest BCUT2D eigenvalue weighted by atomic mass is 35.5. The van der Waals surface area contributed by atoms with E-state index in [0.717, 1.165) is 17.0 Å². The first-order valence-corrected chi connectivity index (χ1v) is 9.08. The van der Waals surface area contributed by atoms with Crippen LogP contribution in [0.3, 0.4) is 0 Å². The molecule has 1 unspecified atom stereocenters. The van der Waals surface area contributed by atoms with Crippen molar-refractivity contribution in [2.24, 2.45) is 0 Å². The molecular weight excluding hydrogens is 373 g/mol. The zero-order valence-electron chi connectivity index (χ0n) is 14.7. The number of benzene rings is 2. The van der Waals surface area contributed by atoms with Crippen molar-refractivity contribution in [1.29, 1.82) is 0 Å². The molecule has 2 aromatic carbocycles. The summed E-state index contributed by atoms with van der Waals surface area (Å²) >= 11 is 12.4. The van der Waals surface area contributed by atoms with Crippen molar-refractivity contribution in [2.75, 3.05) is 23.7 Å². The standard InChI is InChI=1S/C19H21Cl2N3O2/c1-3-24(11-16-17(20)5-4-6-18(16)21)12-19(26)23-15-9-7-14(8-10-15)22-13(2)25/h4-10H,3,11-12H2,1-2H3,(H,22,25)(H,23,26)/p+1. The lowest BCUT2D eigenvalue weighted by atomic mass is 10.2. The van der Waals surface area contributed by atoms with E-state index in [1.54, 1.807) is 42.5 Å². The molecule has 7 heteroatoms. The number of rotatable bonds is 7. The molecule has 0 aromatic heterocycles. The van der Waals surface area contributed by atoms with Crippen molar-refractivity contribution >= 4 is 46.4 Å². The van der Waals surface area contributed by atoms with E-state index < -0.39 is 0 Å². The third-order valence-corrected chi connectivity index (χ3v) is 4.60. The molecule has 3 N–H and O–H groups in total. The van der Waals surface area contributed by atoms with Crippen LogP contribution in [0.25, 0.3) is 0 Å². The predicted molar refractivity (Wildman–Crippen MR) is 106 cm³/mol. The summed E-state index contributed by atoms with van der Waals surface area (Å²) in [5, 5.41) is 6.77. The normalized spacial score (nSPS) is 11.7. The summed E-state index contributed by atoms with van der Waals surface area (Å²) in [6.45, 7) is 5.09. The summed E-state index contributed by atoms with van der Waals surface area (Å²) in [7, 11) is 0. The Labute approximate surface area is 163 Å². The maximum absolute atomic E-state index is 12.3. The number of halogens is 2. The fourth-order valence-electron chi connectivity index (χ4n) is 2.54. The van der Waals surface area contributed by atoms with E-state index in [4.69, 9.17) is 23.2 Å². The fourth-order valence-corrected chi connectivity index (χ4v) is 3.07. The fraction of sp³-hybridized carbons (Fsp3) is 0.263. The Morgan fingerprint density at radius 1 is 0.962 bits per heavy atom. The molecule has 5 nitrogen and oxygen atoms in total. The molecule has 0 bridgehead atoms. The molecule has 0 heterocycles. The van der Waals surface area contributed by atoms with Gasteiger partial charge in [0.1, 0.15) is 6.54 Å². The Balaban J connectivity index is 1.95. The van der Waals surface area contributed by atoms with Crippen LogP contribution in [-0.4, -0.2) is 24.9 Å². The number of anilines is 2. The molecule has 1 atom stereocenters. The minimum absolute atomic E-state index is 0.0997. The third-order valence-electron chi connectivity index (χ3n) is 3.89. The Morgan fingerprint density at radius 3 is 2.00 bits per heavy atom. The maximum Gasteiger partial charge on any atom is 0.279 e. The van der Waals surface area contributed by atoms with Crippen LogP contribution in [0.4, 0.5) is 11.4 Å². The van der Waals surface area contributed by atoms with Crippen LogP contribution in [0.5, 0.6) is 0 Å². The molecule has 0 fully saturated rings. The van der Waals surface area contributed by atoms with Crippen LogP contribution in [-0.2, 0) is 16.1 Å². The number of likely N-dealkylation sites (N-methyl/N-ethyl adjacent to an activating group) is 1. The molecule has 0 aliphatic rings. The molecule has 0 aliphatic carbocycles. The van der Waals surface area contributed by atoms with Crippen LogP contribution >= 0.6 is 23.2 Å². The average molecular weight is 395 g/mol. The first-order valence-electron chi connectivity index (χ1n) is 8.33. The second-order valence-electron chi connectivity index (χ2n) is 5.96.